The molecular formula is C45H84O4. The van der Waals surface area contributed by atoms with Crippen LogP contribution < -0.4 is 0 Å². The maximum atomic E-state index is 12.2. The van der Waals surface area contributed by atoms with Crippen LogP contribution in [0.4, 0.5) is 0 Å². The van der Waals surface area contributed by atoms with Crippen molar-refractivity contribution in [3.05, 3.63) is 36.5 Å². The molecule has 0 amide bonds. The van der Waals surface area contributed by atoms with Crippen LogP contribution in [0.25, 0.3) is 0 Å². The second-order valence-corrected chi connectivity index (χ2v) is 14.4. The number of carbonyl (C=O) groups excluding carboxylic acids is 1. The van der Waals surface area contributed by atoms with Gasteiger partial charge in [-0.3, -0.25) is 4.79 Å². The van der Waals surface area contributed by atoms with E-state index in [2.05, 4.69) is 50.3 Å². The van der Waals surface area contributed by atoms with E-state index < -0.39 is 6.10 Å². The number of carbonyl (C=O) groups is 1. The zero-order valence-corrected chi connectivity index (χ0v) is 33.0. The van der Waals surface area contributed by atoms with E-state index in [1.807, 2.05) is 0 Å². The van der Waals surface area contributed by atoms with E-state index in [0.29, 0.717) is 19.6 Å². The van der Waals surface area contributed by atoms with Crippen molar-refractivity contribution < 1.29 is 19.4 Å². The molecule has 4 nitrogen and oxygen atoms in total. The fourth-order valence-corrected chi connectivity index (χ4v) is 6.22. The molecule has 0 aliphatic carbocycles. The van der Waals surface area contributed by atoms with Gasteiger partial charge in [-0.1, -0.05) is 198 Å². The lowest BCUT2D eigenvalue weighted by Crippen LogP contribution is -2.27. The molecule has 0 aliphatic rings. The van der Waals surface area contributed by atoms with Gasteiger partial charge in [-0.2, -0.15) is 0 Å². The van der Waals surface area contributed by atoms with Crippen molar-refractivity contribution in [1.29, 1.82) is 0 Å². The molecular weight excluding hydrogens is 604 g/mol. The molecule has 0 fully saturated rings. The Balaban J connectivity index is 3.42. The Morgan fingerprint density at radius 3 is 1.29 bits per heavy atom. The average Bonchev–Trinajstić information content (AvgIpc) is 3.11. The molecule has 0 rings (SSSR count). The summed E-state index contributed by atoms with van der Waals surface area (Å²) in [5, 5.41) is 9.59. The molecule has 0 spiro atoms. The molecule has 1 N–H and O–H groups in total. The smallest absolute Gasteiger partial charge is 0.306 e. The highest BCUT2D eigenvalue weighted by molar-refractivity contribution is 5.69. The normalized spacial score (nSPS) is 12.6. The fourth-order valence-electron chi connectivity index (χ4n) is 6.22. The summed E-state index contributed by atoms with van der Waals surface area (Å²) in [5.41, 5.74) is 0. The van der Waals surface area contributed by atoms with E-state index in [0.717, 1.165) is 32.1 Å². The van der Waals surface area contributed by atoms with Crippen molar-refractivity contribution in [3.63, 3.8) is 0 Å². The first-order valence-electron chi connectivity index (χ1n) is 21.6. The minimum atomic E-state index is -0.533. The predicted molar refractivity (Wildman–Crippen MR) is 214 cm³/mol. The van der Waals surface area contributed by atoms with Crippen LogP contribution in [0.15, 0.2) is 36.5 Å². The van der Waals surface area contributed by atoms with Crippen molar-refractivity contribution in [3.8, 4) is 0 Å². The van der Waals surface area contributed by atoms with E-state index >= 15 is 0 Å². The highest BCUT2D eigenvalue weighted by Gasteiger charge is 2.13. The maximum Gasteiger partial charge on any atom is 0.306 e. The molecule has 0 aliphatic heterocycles. The topological polar surface area (TPSA) is 55.8 Å². The molecule has 0 heterocycles. The zero-order chi connectivity index (χ0) is 35.6. The van der Waals surface area contributed by atoms with E-state index in [9.17, 15) is 9.90 Å². The van der Waals surface area contributed by atoms with Gasteiger partial charge in [-0.05, 0) is 51.4 Å². The third-order valence-corrected chi connectivity index (χ3v) is 9.47. The van der Waals surface area contributed by atoms with Gasteiger partial charge in [0.15, 0.2) is 0 Å². The summed E-state index contributed by atoms with van der Waals surface area (Å²) in [5.74, 6) is -0.201. The van der Waals surface area contributed by atoms with Crippen molar-refractivity contribution >= 4 is 5.97 Å². The van der Waals surface area contributed by atoms with E-state index in [-0.39, 0.29) is 12.6 Å². The van der Waals surface area contributed by atoms with Crippen molar-refractivity contribution in [2.75, 3.05) is 19.8 Å². The molecule has 1 atom stereocenters. The lowest BCUT2D eigenvalue weighted by Gasteiger charge is -2.16. The van der Waals surface area contributed by atoms with Crippen LogP contribution in [0.1, 0.15) is 219 Å². The number of unbranched alkanes of at least 4 members (excludes halogenated alkanes) is 26. The summed E-state index contributed by atoms with van der Waals surface area (Å²) >= 11 is 0. The Kier molecular flexibility index (Phi) is 41.6. The van der Waals surface area contributed by atoms with Crippen LogP contribution in [0.3, 0.4) is 0 Å². The molecule has 0 aromatic heterocycles. The summed E-state index contributed by atoms with van der Waals surface area (Å²) < 4.78 is 11.2. The molecule has 1 unspecified atom stereocenters. The highest BCUT2D eigenvalue weighted by atomic mass is 16.6. The van der Waals surface area contributed by atoms with E-state index in [1.54, 1.807) is 0 Å². The van der Waals surface area contributed by atoms with Gasteiger partial charge >= 0.3 is 5.97 Å². The minimum Gasteiger partial charge on any atom is -0.457 e. The van der Waals surface area contributed by atoms with Gasteiger partial charge in [0.2, 0.25) is 0 Å². The Labute approximate surface area is 306 Å². The number of ether oxygens (including phenoxy) is 2. The zero-order valence-electron chi connectivity index (χ0n) is 33.0. The number of esters is 1. The number of aliphatic hydroxyl groups excluding tert-OH is 1. The second-order valence-electron chi connectivity index (χ2n) is 14.4. The third kappa shape index (κ3) is 40.9. The molecule has 4 heteroatoms. The molecule has 0 saturated carbocycles. The first-order chi connectivity index (χ1) is 24.2. The summed E-state index contributed by atoms with van der Waals surface area (Å²) in [6.07, 6.45) is 53.5. The Hall–Kier alpha value is -1.39. The number of rotatable bonds is 40. The molecule has 0 aromatic carbocycles. The van der Waals surface area contributed by atoms with Gasteiger partial charge in [0.1, 0.15) is 6.10 Å². The van der Waals surface area contributed by atoms with Crippen molar-refractivity contribution in [2.45, 2.75) is 225 Å². The summed E-state index contributed by atoms with van der Waals surface area (Å²) in [6, 6.07) is 0. The Morgan fingerprint density at radius 1 is 0.490 bits per heavy atom. The lowest BCUT2D eigenvalue weighted by molar-refractivity contribution is -0.154. The van der Waals surface area contributed by atoms with E-state index in [1.165, 1.54) is 167 Å². The number of aliphatic hydroxyl groups is 1. The largest absolute Gasteiger partial charge is 0.457 e. The van der Waals surface area contributed by atoms with Crippen LogP contribution in [0, 0.1) is 0 Å². The van der Waals surface area contributed by atoms with Crippen molar-refractivity contribution in [1.82, 2.24) is 0 Å². The van der Waals surface area contributed by atoms with Gasteiger partial charge in [-0.15, -0.1) is 0 Å². The number of hydrogen-bond acceptors (Lipinski definition) is 4. The highest BCUT2D eigenvalue weighted by Crippen LogP contribution is 2.14. The van der Waals surface area contributed by atoms with Gasteiger partial charge in [0, 0.05) is 13.0 Å². The summed E-state index contributed by atoms with van der Waals surface area (Å²) in [6.45, 7) is 5.34. The van der Waals surface area contributed by atoms with Crippen LogP contribution in [0.5, 0.6) is 0 Å². The molecule has 288 valence electrons. The average molecular weight is 689 g/mol. The second kappa shape index (κ2) is 42.8. The predicted octanol–water partition coefficient (Wildman–Crippen LogP) is 14.1. The third-order valence-electron chi connectivity index (χ3n) is 9.47. The van der Waals surface area contributed by atoms with Gasteiger partial charge in [0.25, 0.3) is 0 Å². The summed E-state index contributed by atoms with van der Waals surface area (Å²) in [7, 11) is 0. The van der Waals surface area contributed by atoms with Crippen LogP contribution in [-0.2, 0) is 14.3 Å². The standard InChI is InChI=1S/C45H84O4/c1-3-5-7-9-11-13-15-17-18-19-20-21-22-23-24-25-26-27-29-31-33-35-37-39-41-48-43-44(42-46)49-45(47)40-38-36-34-32-30-28-16-14-12-10-8-6-4-2/h15,17,19-20,22-23,44,46H,3-14,16,18,21,24-43H2,1-2H3/b17-15-,20-19-,23-22-. The Bertz CT molecular complexity index is 728. The van der Waals surface area contributed by atoms with Crippen molar-refractivity contribution in [2.24, 2.45) is 0 Å². The molecule has 0 aromatic rings. The Morgan fingerprint density at radius 2 is 0.857 bits per heavy atom. The maximum absolute atomic E-state index is 12.2. The quantitative estimate of drug-likeness (QED) is 0.0395. The SMILES string of the molecule is CCCCCCC/C=C\C/C=C\C/C=C\CCCCCCCCCCCOCC(CO)OC(=O)CCCCCCCCCCCCCCC. The first kappa shape index (κ1) is 47.6. The minimum absolute atomic E-state index is 0.171. The molecule has 0 saturated heterocycles. The summed E-state index contributed by atoms with van der Waals surface area (Å²) in [4.78, 5) is 12.2. The monoisotopic (exact) mass is 689 g/mol. The van der Waals surface area contributed by atoms with Gasteiger partial charge in [0.05, 0.1) is 13.2 Å². The van der Waals surface area contributed by atoms with Crippen LogP contribution >= 0.6 is 0 Å². The van der Waals surface area contributed by atoms with Gasteiger partial charge in [-0.25, -0.2) is 0 Å². The van der Waals surface area contributed by atoms with Crippen LogP contribution in [-0.4, -0.2) is 37.0 Å². The molecule has 0 bridgehead atoms. The van der Waals surface area contributed by atoms with E-state index in [4.69, 9.17) is 9.47 Å². The number of allylic oxidation sites excluding steroid dienone is 6. The number of hydrogen-bond donors (Lipinski definition) is 1. The fraction of sp³-hybridized carbons (Fsp3) is 0.844. The first-order valence-corrected chi connectivity index (χ1v) is 21.6. The molecule has 0 radical (unpaired) electrons. The lowest BCUT2D eigenvalue weighted by atomic mass is 10.0. The van der Waals surface area contributed by atoms with Crippen LogP contribution in [0.2, 0.25) is 0 Å². The molecule has 49 heavy (non-hydrogen) atoms. The van der Waals surface area contributed by atoms with Gasteiger partial charge < -0.3 is 14.6 Å².